The Hall–Kier alpha value is -3.49. The minimum atomic E-state index is -0.614. The number of phenolic OH excluding ortho intramolecular Hbond substituents is 1. The van der Waals surface area contributed by atoms with Gasteiger partial charge >= 0.3 is 0 Å². The Balaban J connectivity index is 2.03. The zero-order chi connectivity index (χ0) is 16.8. The molecule has 0 unspecified atom stereocenters. The van der Waals surface area contributed by atoms with E-state index in [2.05, 4.69) is 10.5 Å². The summed E-state index contributed by atoms with van der Waals surface area (Å²) in [6, 6.07) is 7.90. The van der Waals surface area contributed by atoms with Crippen LogP contribution in [0.5, 0.6) is 5.75 Å². The molecule has 118 valence electrons. The summed E-state index contributed by atoms with van der Waals surface area (Å²) < 4.78 is 1.19. The fraction of sp³-hybridized carbons (Fsp3) is 0.0714. The van der Waals surface area contributed by atoms with Gasteiger partial charge in [0.15, 0.2) is 0 Å². The van der Waals surface area contributed by atoms with Crippen LogP contribution in [0.1, 0.15) is 5.56 Å². The molecule has 0 saturated carbocycles. The molecule has 1 aromatic carbocycles. The number of rotatable bonds is 5. The Morgan fingerprint density at radius 1 is 1.39 bits per heavy atom. The topological polar surface area (TPSA) is 127 Å². The first-order valence-corrected chi connectivity index (χ1v) is 6.42. The van der Waals surface area contributed by atoms with Gasteiger partial charge in [-0.15, -0.1) is 0 Å². The Bertz CT molecular complexity index is 828. The molecule has 0 radical (unpaired) electrons. The maximum atomic E-state index is 11.7. The number of nitro benzene ring substituents is 1. The van der Waals surface area contributed by atoms with Crippen molar-refractivity contribution in [2.45, 2.75) is 6.54 Å². The Morgan fingerprint density at radius 2 is 2.17 bits per heavy atom. The van der Waals surface area contributed by atoms with Crippen LogP contribution in [0, 0.1) is 10.1 Å². The third-order valence-corrected chi connectivity index (χ3v) is 2.83. The summed E-state index contributed by atoms with van der Waals surface area (Å²) in [6.45, 7) is -0.224. The number of hydrogen-bond donors (Lipinski definition) is 2. The van der Waals surface area contributed by atoms with Crippen molar-refractivity contribution in [2.24, 2.45) is 5.10 Å². The van der Waals surface area contributed by atoms with E-state index in [1.807, 2.05) is 0 Å². The smallest absolute Gasteiger partial charge is 0.270 e. The van der Waals surface area contributed by atoms with Crippen LogP contribution in [-0.4, -0.2) is 26.7 Å². The van der Waals surface area contributed by atoms with E-state index in [4.69, 9.17) is 0 Å². The number of non-ortho nitro benzene ring substituents is 1. The molecule has 9 nitrogen and oxygen atoms in total. The number of nitro groups is 1. The molecule has 1 aromatic heterocycles. The molecule has 0 spiro atoms. The second kappa shape index (κ2) is 6.98. The van der Waals surface area contributed by atoms with Crippen molar-refractivity contribution in [1.82, 2.24) is 9.99 Å². The average molecular weight is 316 g/mol. The number of carbonyl (C=O) groups is 1. The zero-order valence-corrected chi connectivity index (χ0v) is 11.7. The number of hydrogen-bond acceptors (Lipinski definition) is 6. The van der Waals surface area contributed by atoms with Crippen LogP contribution >= 0.6 is 0 Å². The van der Waals surface area contributed by atoms with E-state index < -0.39 is 10.8 Å². The second-order valence-corrected chi connectivity index (χ2v) is 4.46. The van der Waals surface area contributed by atoms with Gasteiger partial charge in [-0.1, -0.05) is 6.07 Å². The summed E-state index contributed by atoms with van der Waals surface area (Å²) in [6.07, 6.45) is 2.53. The lowest BCUT2D eigenvalue weighted by Crippen LogP contribution is -2.28. The third-order valence-electron chi connectivity index (χ3n) is 2.83. The first-order chi connectivity index (χ1) is 11.0. The Kier molecular flexibility index (Phi) is 4.82. The second-order valence-electron chi connectivity index (χ2n) is 4.46. The minimum Gasteiger partial charge on any atom is -0.507 e. The summed E-state index contributed by atoms with van der Waals surface area (Å²) in [4.78, 5) is 33.1. The van der Waals surface area contributed by atoms with E-state index in [1.165, 1.54) is 16.8 Å². The van der Waals surface area contributed by atoms with E-state index in [0.29, 0.717) is 0 Å². The van der Waals surface area contributed by atoms with E-state index in [-0.39, 0.29) is 29.1 Å². The quantitative estimate of drug-likeness (QED) is 0.475. The maximum absolute atomic E-state index is 11.7. The first-order valence-electron chi connectivity index (χ1n) is 6.42. The van der Waals surface area contributed by atoms with E-state index in [0.717, 1.165) is 24.4 Å². The van der Waals surface area contributed by atoms with Crippen LogP contribution in [-0.2, 0) is 11.3 Å². The molecule has 2 rings (SSSR count). The number of phenols is 1. The molecule has 0 aliphatic carbocycles. The normalized spacial score (nSPS) is 10.6. The summed E-state index contributed by atoms with van der Waals surface area (Å²) in [5.41, 5.74) is 1.71. The molecule has 9 heteroatoms. The fourth-order valence-corrected chi connectivity index (χ4v) is 1.71. The first kappa shape index (κ1) is 15.9. The number of aromatic hydroxyl groups is 1. The Labute approximate surface area is 129 Å². The van der Waals surface area contributed by atoms with Crippen molar-refractivity contribution in [3.63, 3.8) is 0 Å². The van der Waals surface area contributed by atoms with Gasteiger partial charge in [-0.25, -0.2) is 5.43 Å². The molecular weight excluding hydrogens is 304 g/mol. The number of nitrogens with zero attached hydrogens (tertiary/aromatic N) is 3. The molecule has 23 heavy (non-hydrogen) atoms. The van der Waals surface area contributed by atoms with Gasteiger partial charge in [0, 0.05) is 30.0 Å². The third kappa shape index (κ3) is 4.24. The predicted molar refractivity (Wildman–Crippen MR) is 81.2 cm³/mol. The maximum Gasteiger partial charge on any atom is 0.270 e. The van der Waals surface area contributed by atoms with Crippen LogP contribution in [0.15, 0.2) is 52.5 Å². The predicted octanol–water partition coefficient (Wildman–Crippen LogP) is 0.612. The lowest BCUT2D eigenvalue weighted by Gasteiger charge is -2.03. The van der Waals surface area contributed by atoms with Gasteiger partial charge in [-0.3, -0.25) is 19.7 Å². The minimum absolute atomic E-state index is 0.0800. The van der Waals surface area contributed by atoms with Gasteiger partial charge in [0.05, 0.1) is 11.1 Å². The lowest BCUT2D eigenvalue weighted by molar-refractivity contribution is -0.384. The number of nitrogens with one attached hydrogen (secondary N) is 1. The zero-order valence-electron chi connectivity index (χ0n) is 11.7. The van der Waals surface area contributed by atoms with Crippen LogP contribution in [0.4, 0.5) is 5.69 Å². The highest BCUT2D eigenvalue weighted by molar-refractivity contribution is 5.85. The molecule has 0 aliphatic heterocycles. The van der Waals surface area contributed by atoms with Gasteiger partial charge in [0.2, 0.25) is 0 Å². The molecule has 0 bridgehead atoms. The number of aromatic nitrogens is 1. The van der Waals surface area contributed by atoms with Gasteiger partial charge in [0.25, 0.3) is 17.2 Å². The molecule has 1 amide bonds. The number of benzene rings is 1. The van der Waals surface area contributed by atoms with Crippen LogP contribution in [0.3, 0.4) is 0 Å². The molecule has 0 atom stereocenters. The average Bonchev–Trinajstić information content (AvgIpc) is 2.51. The van der Waals surface area contributed by atoms with Gasteiger partial charge < -0.3 is 9.67 Å². The number of carbonyl (C=O) groups excluding carboxylic acids is 1. The molecule has 2 aromatic rings. The van der Waals surface area contributed by atoms with E-state index in [9.17, 15) is 24.8 Å². The van der Waals surface area contributed by atoms with Crippen LogP contribution in [0.2, 0.25) is 0 Å². The van der Waals surface area contributed by atoms with Crippen LogP contribution < -0.4 is 11.0 Å². The SMILES string of the molecule is O=C(Cn1ccccc1=O)N/N=C/c1cc([N+](=O)[O-])ccc1O. The summed E-state index contributed by atoms with van der Waals surface area (Å²) in [5.74, 6) is -0.771. The van der Waals surface area contributed by atoms with E-state index >= 15 is 0 Å². The largest absolute Gasteiger partial charge is 0.507 e. The number of amides is 1. The fourth-order valence-electron chi connectivity index (χ4n) is 1.71. The summed E-state index contributed by atoms with van der Waals surface area (Å²) in [5, 5.41) is 23.8. The highest BCUT2D eigenvalue weighted by Gasteiger charge is 2.09. The van der Waals surface area contributed by atoms with Gasteiger partial charge in [-0.05, 0) is 12.1 Å². The number of hydrazone groups is 1. The van der Waals surface area contributed by atoms with Crippen LogP contribution in [0.25, 0.3) is 0 Å². The number of pyridine rings is 1. The Morgan fingerprint density at radius 3 is 2.87 bits per heavy atom. The van der Waals surface area contributed by atoms with Crippen molar-refractivity contribution in [3.8, 4) is 5.75 Å². The molecule has 0 aliphatic rings. The molecule has 0 saturated heterocycles. The molecule has 2 N–H and O–H groups in total. The molecule has 1 heterocycles. The molecular formula is C14H12N4O5. The molecule has 0 fully saturated rings. The van der Waals surface area contributed by atoms with Crippen molar-refractivity contribution in [3.05, 3.63) is 68.6 Å². The lowest BCUT2D eigenvalue weighted by atomic mass is 10.2. The van der Waals surface area contributed by atoms with Crippen molar-refractivity contribution < 1.29 is 14.8 Å². The summed E-state index contributed by atoms with van der Waals surface area (Å²) >= 11 is 0. The van der Waals surface area contributed by atoms with Crippen molar-refractivity contribution in [2.75, 3.05) is 0 Å². The highest BCUT2D eigenvalue weighted by Crippen LogP contribution is 2.21. The van der Waals surface area contributed by atoms with Gasteiger partial charge in [-0.2, -0.15) is 5.10 Å². The highest BCUT2D eigenvalue weighted by atomic mass is 16.6. The summed E-state index contributed by atoms with van der Waals surface area (Å²) in [7, 11) is 0. The van der Waals surface area contributed by atoms with Crippen molar-refractivity contribution in [1.29, 1.82) is 0 Å². The van der Waals surface area contributed by atoms with Crippen molar-refractivity contribution >= 4 is 17.8 Å². The van der Waals surface area contributed by atoms with Gasteiger partial charge in [0.1, 0.15) is 12.3 Å². The standard InChI is InChI=1S/C14H12N4O5/c19-12-5-4-11(18(22)23)7-10(12)8-15-16-13(20)9-17-6-2-1-3-14(17)21/h1-8,19H,9H2,(H,16,20)/b15-8+. The monoisotopic (exact) mass is 316 g/mol. The van der Waals surface area contributed by atoms with E-state index in [1.54, 1.807) is 12.1 Å².